The second-order valence-corrected chi connectivity index (χ2v) is 11.5. The number of hydrogen-bond acceptors (Lipinski definition) is 10. The SMILES string of the molecule is Cc1nc(-c2nnc(C(F)F)s2)c2cc(S(=O)(=O)NC3(C#N)CC3)cc(N3CCN(C)CC3)c2n1. The minimum Gasteiger partial charge on any atom is -0.367 e. The maximum absolute atomic E-state index is 13.3. The number of sulfonamides is 1. The van der Waals surface area contributed by atoms with E-state index < -0.39 is 27.0 Å². The van der Waals surface area contributed by atoms with E-state index >= 15 is 0 Å². The van der Waals surface area contributed by atoms with E-state index in [0.717, 1.165) is 13.1 Å². The van der Waals surface area contributed by atoms with Gasteiger partial charge in [-0.3, -0.25) is 0 Å². The van der Waals surface area contributed by atoms with Crippen molar-refractivity contribution in [2.45, 2.75) is 36.6 Å². The molecule has 3 heterocycles. The number of nitrogens with zero attached hydrogens (tertiary/aromatic N) is 7. The lowest BCUT2D eigenvalue weighted by Crippen LogP contribution is -2.44. The Balaban J connectivity index is 1.72. The van der Waals surface area contributed by atoms with Crippen LogP contribution < -0.4 is 9.62 Å². The van der Waals surface area contributed by atoms with E-state index in [1.165, 1.54) is 6.07 Å². The minimum atomic E-state index is -4.07. The number of alkyl halides is 2. The molecular formula is C21H22F2N8O2S2. The highest BCUT2D eigenvalue weighted by molar-refractivity contribution is 7.89. The Hall–Kier alpha value is -2.86. The van der Waals surface area contributed by atoms with Gasteiger partial charge in [-0.25, -0.2) is 27.2 Å². The minimum absolute atomic E-state index is 0.0484. The number of aromatic nitrogens is 4. The van der Waals surface area contributed by atoms with E-state index in [-0.39, 0.29) is 15.6 Å². The number of rotatable bonds is 6. The molecule has 1 aliphatic carbocycles. The first-order valence-electron chi connectivity index (χ1n) is 10.9. The number of likely N-dealkylation sites (N-methyl/N-ethyl adjacent to an activating group) is 1. The second kappa shape index (κ2) is 8.66. The summed E-state index contributed by atoms with van der Waals surface area (Å²) in [6.07, 6.45) is -1.90. The van der Waals surface area contributed by atoms with Crippen molar-refractivity contribution < 1.29 is 17.2 Å². The summed E-state index contributed by atoms with van der Waals surface area (Å²) in [6.45, 7) is 4.54. The predicted molar refractivity (Wildman–Crippen MR) is 126 cm³/mol. The van der Waals surface area contributed by atoms with Gasteiger partial charge in [0, 0.05) is 31.6 Å². The lowest BCUT2D eigenvalue weighted by atomic mass is 10.1. The lowest BCUT2D eigenvalue weighted by molar-refractivity contribution is 0.150. The standard InChI is InChI=1S/C21H22F2N8O2S2/c1-12-25-16-14(17(26-12)19-27-28-20(34-19)18(22)23)9-13(35(32,33)29-21(11-24)3-4-21)10-15(16)31-7-5-30(2)6-8-31/h9-10,18,29H,3-8H2,1-2H3. The lowest BCUT2D eigenvalue weighted by Gasteiger charge is -2.34. The molecular weight excluding hydrogens is 498 g/mol. The molecule has 14 heteroatoms. The molecule has 2 fully saturated rings. The Morgan fingerprint density at radius 2 is 1.89 bits per heavy atom. The molecule has 184 valence electrons. The van der Waals surface area contributed by atoms with Crippen LogP contribution in [0.15, 0.2) is 17.0 Å². The number of aryl methyl sites for hydroxylation is 1. The highest BCUT2D eigenvalue weighted by Crippen LogP contribution is 2.39. The average molecular weight is 521 g/mol. The zero-order valence-electron chi connectivity index (χ0n) is 19.0. The largest absolute Gasteiger partial charge is 0.367 e. The molecule has 35 heavy (non-hydrogen) atoms. The van der Waals surface area contributed by atoms with Crippen LogP contribution in [0, 0.1) is 18.3 Å². The van der Waals surface area contributed by atoms with Crippen LogP contribution in [0.2, 0.25) is 0 Å². The maximum Gasteiger partial charge on any atom is 0.291 e. The Labute approximate surface area is 204 Å². The third-order valence-corrected chi connectivity index (χ3v) is 8.60. The van der Waals surface area contributed by atoms with Gasteiger partial charge in [0.1, 0.15) is 17.1 Å². The Bertz CT molecular complexity index is 1440. The van der Waals surface area contributed by atoms with Crippen LogP contribution in [0.4, 0.5) is 14.5 Å². The van der Waals surface area contributed by atoms with E-state index in [2.05, 4.69) is 34.7 Å². The van der Waals surface area contributed by atoms with Crippen molar-refractivity contribution >= 4 is 38.0 Å². The van der Waals surface area contributed by atoms with Gasteiger partial charge in [-0.1, -0.05) is 11.3 Å². The molecule has 0 bridgehead atoms. The summed E-state index contributed by atoms with van der Waals surface area (Å²) >= 11 is 0.705. The number of anilines is 1. The first-order valence-corrected chi connectivity index (χ1v) is 13.2. The molecule has 0 atom stereocenters. The van der Waals surface area contributed by atoms with Gasteiger partial charge in [0.05, 0.1) is 22.2 Å². The number of hydrogen-bond donors (Lipinski definition) is 1. The Kier molecular flexibility index (Phi) is 5.91. The van der Waals surface area contributed by atoms with Crippen molar-refractivity contribution in [3.63, 3.8) is 0 Å². The van der Waals surface area contributed by atoms with Crippen molar-refractivity contribution in [1.29, 1.82) is 5.26 Å². The molecule has 3 aromatic rings. The molecule has 1 N–H and O–H groups in total. The summed E-state index contributed by atoms with van der Waals surface area (Å²) in [5, 5.41) is 16.9. The molecule has 0 radical (unpaired) electrons. The zero-order valence-corrected chi connectivity index (χ0v) is 20.6. The van der Waals surface area contributed by atoms with Gasteiger partial charge in [0.15, 0.2) is 10.0 Å². The van der Waals surface area contributed by atoms with Gasteiger partial charge in [-0.2, -0.15) is 9.98 Å². The molecule has 2 aromatic heterocycles. The van der Waals surface area contributed by atoms with Gasteiger partial charge >= 0.3 is 0 Å². The highest BCUT2D eigenvalue weighted by atomic mass is 32.2. The average Bonchev–Trinajstić information content (AvgIpc) is 3.39. The summed E-state index contributed by atoms with van der Waals surface area (Å²) in [6, 6.07) is 5.02. The third-order valence-electron chi connectivity index (χ3n) is 6.14. The first kappa shape index (κ1) is 23.9. The number of fused-ring (bicyclic) bond motifs is 1. The van der Waals surface area contributed by atoms with Crippen LogP contribution in [0.5, 0.6) is 0 Å². The van der Waals surface area contributed by atoms with E-state index in [4.69, 9.17) is 0 Å². The number of halogens is 2. The predicted octanol–water partition coefficient (Wildman–Crippen LogP) is 2.48. The molecule has 1 saturated carbocycles. The van der Waals surface area contributed by atoms with Gasteiger partial charge in [-0.05, 0) is 38.9 Å². The van der Waals surface area contributed by atoms with Crippen LogP contribution in [-0.2, 0) is 10.0 Å². The number of nitrogens with one attached hydrogen (secondary N) is 1. The molecule has 0 amide bonds. The van der Waals surface area contributed by atoms with Gasteiger partial charge in [0.25, 0.3) is 6.43 Å². The molecule has 10 nitrogen and oxygen atoms in total. The molecule has 0 unspecified atom stereocenters. The molecule has 1 aliphatic heterocycles. The van der Waals surface area contributed by atoms with Crippen molar-refractivity contribution in [2.75, 3.05) is 38.1 Å². The summed E-state index contributed by atoms with van der Waals surface area (Å²) in [5.74, 6) is 0.395. The Morgan fingerprint density at radius 3 is 2.49 bits per heavy atom. The van der Waals surface area contributed by atoms with E-state index in [1.54, 1.807) is 13.0 Å². The van der Waals surface area contributed by atoms with Crippen LogP contribution in [-0.4, -0.2) is 72.2 Å². The molecule has 1 saturated heterocycles. The molecule has 2 aliphatic rings. The zero-order chi connectivity index (χ0) is 25.0. The van der Waals surface area contributed by atoms with Gasteiger partial charge < -0.3 is 9.80 Å². The van der Waals surface area contributed by atoms with Gasteiger partial charge in [-0.15, -0.1) is 10.2 Å². The van der Waals surface area contributed by atoms with Crippen molar-refractivity contribution in [3.05, 3.63) is 23.0 Å². The first-order chi connectivity index (χ1) is 16.6. The second-order valence-electron chi connectivity index (χ2n) is 8.79. The van der Waals surface area contributed by atoms with E-state index in [9.17, 15) is 22.5 Å². The third kappa shape index (κ3) is 4.56. The molecule has 1 aromatic carbocycles. The summed E-state index contributed by atoms with van der Waals surface area (Å²) in [4.78, 5) is 13.2. The van der Waals surface area contributed by atoms with E-state index in [1.807, 2.05) is 13.1 Å². The maximum atomic E-state index is 13.3. The topological polar surface area (TPSA) is 128 Å². The van der Waals surface area contributed by atoms with Crippen LogP contribution in [0.3, 0.4) is 0 Å². The van der Waals surface area contributed by atoms with Crippen LogP contribution >= 0.6 is 11.3 Å². The highest BCUT2D eigenvalue weighted by Gasteiger charge is 2.47. The fraction of sp³-hybridized carbons (Fsp3) is 0.476. The smallest absolute Gasteiger partial charge is 0.291 e. The van der Waals surface area contributed by atoms with Crippen LogP contribution in [0.1, 0.15) is 30.1 Å². The normalized spacial score (nSPS) is 18.2. The van der Waals surface area contributed by atoms with Crippen molar-refractivity contribution in [2.24, 2.45) is 0 Å². The molecule has 5 rings (SSSR count). The fourth-order valence-electron chi connectivity index (χ4n) is 4.00. The van der Waals surface area contributed by atoms with Crippen molar-refractivity contribution in [1.82, 2.24) is 29.8 Å². The van der Waals surface area contributed by atoms with Crippen molar-refractivity contribution in [3.8, 4) is 16.8 Å². The number of piperazine rings is 1. The fourth-order valence-corrected chi connectivity index (χ4v) is 6.13. The summed E-state index contributed by atoms with van der Waals surface area (Å²) in [7, 11) is -2.05. The monoisotopic (exact) mass is 520 g/mol. The molecule has 0 spiro atoms. The Morgan fingerprint density at radius 1 is 1.17 bits per heavy atom. The van der Waals surface area contributed by atoms with Gasteiger partial charge in [0.2, 0.25) is 10.0 Å². The summed E-state index contributed by atoms with van der Waals surface area (Å²) < 4.78 is 55.6. The summed E-state index contributed by atoms with van der Waals surface area (Å²) in [5.41, 5.74) is 0.250. The van der Waals surface area contributed by atoms with E-state index in [0.29, 0.717) is 59.7 Å². The number of nitriles is 1. The quantitative estimate of drug-likeness (QED) is 0.521. The number of benzene rings is 1. The van der Waals surface area contributed by atoms with Crippen LogP contribution in [0.25, 0.3) is 21.6 Å².